The van der Waals surface area contributed by atoms with Crippen molar-refractivity contribution in [1.82, 2.24) is 14.8 Å². The summed E-state index contributed by atoms with van der Waals surface area (Å²) >= 11 is 1.09. The number of rotatable bonds is 5. The second-order valence-corrected chi connectivity index (χ2v) is 8.20. The first-order chi connectivity index (χ1) is 16.5. The molecule has 0 saturated carbocycles. The zero-order chi connectivity index (χ0) is 23.8. The summed E-state index contributed by atoms with van der Waals surface area (Å²) in [7, 11) is 0. The van der Waals surface area contributed by atoms with Crippen molar-refractivity contribution in [1.29, 1.82) is 0 Å². The van der Waals surface area contributed by atoms with Crippen molar-refractivity contribution in [2.45, 2.75) is 6.92 Å². The van der Waals surface area contributed by atoms with Gasteiger partial charge in [0.2, 0.25) is 0 Å². The number of hydrogen-bond donors (Lipinski definition) is 2. The van der Waals surface area contributed by atoms with Crippen LogP contribution in [0.1, 0.15) is 27.8 Å². The molecule has 0 aliphatic rings. The van der Waals surface area contributed by atoms with Gasteiger partial charge in [-0.05, 0) is 31.2 Å². The molecule has 170 valence electrons. The monoisotopic (exact) mass is 476 g/mol. The van der Waals surface area contributed by atoms with Crippen LogP contribution < -0.4 is 10.9 Å². The lowest BCUT2D eigenvalue weighted by Crippen LogP contribution is -2.25. The minimum Gasteiger partial charge on any atom is -0.461 e. The highest BCUT2D eigenvalue weighted by molar-refractivity contribution is 7.16. The van der Waals surface area contributed by atoms with E-state index in [9.17, 15) is 18.8 Å². The number of benzene rings is 2. The molecule has 3 aromatic heterocycles. The van der Waals surface area contributed by atoms with E-state index in [-0.39, 0.29) is 33.8 Å². The number of fused-ring (bicyclic) bond motifs is 2. The Hall–Kier alpha value is -4.31. The van der Waals surface area contributed by atoms with Crippen molar-refractivity contribution in [3.8, 4) is 5.69 Å². The Balaban J connectivity index is 1.66. The van der Waals surface area contributed by atoms with Crippen LogP contribution in [0.4, 0.5) is 9.39 Å². The maximum absolute atomic E-state index is 13.9. The van der Waals surface area contributed by atoms with Crippen LogP contribution in [0, 0.1) is 5.82 Å². The first kappa shape index (κ1) is 21.5. The van der Waals surface area contributed by atoms with Crippen molar-refractivity contribution in [3.63, 3.8) is 0 Å². The fourth-order valence-electron chi connectivity index (χ4n) is 3.70. The third kappa shape index (κ3) is 3.63. The second-order valence-electron chi connectivity index (χ2n) is 7.32. The van der Waals surface area contributed by atoms with Crippen LogP contribution in [0.15, 0.2) is 64.9 Å². The van der Waals surface area contributed by atoms with Gasteiger partial charge in [0.25, 0.3) is 11.5 Å². The van der Waals surface area contributed by atoms with Crippen LogP contribution in [0.2, 0.25) is 0 Å². The Labute approximate surface area is 195 Å². The summed E-state index contributed by atoms with van der Waals surface area (Å²) in [5.41, 5.74) is 0.624. The van der Waals surface area contributed by atoms with Gasteiger partial charge in [-0.25, -0.2) is 9.18 Å². The SMILES string of the molecule is CCOC(=O)c1nn(-c2cccc(F)c2)c(=O)c2c(NC(=O)c3c[nH]c4ccccc34)scc12. The number of amides is 1. The standard InChI is InChI=1S/C24H17FN4O4S/c1-2-33-24(32)20-17-12-34-22(27-21(30)16-11-26-18-9-4-3-8-15(16)18)19(17)23(31)29(28-20)14-7-5-6-13(25)10-14/h3-12,26H,2H2,1H3,(H,27,30). The molecule has 0 spiro atoms. The van der Waals surface area contributed by atoms with E-state index in [0.717, 1.165) is 33.0 Å². The quantitative estimate of drug-likeness (QED) is 0.364. The van der Waals surface area contributed by atoms with Gasteiger partial charge >= 0.3 is 5.97 Å². The van der Waals surface area contributed by atoms with E-state index in [4.69, 9.17) is 4.74 Å². The summed E-state index contributed by atoms with van der Waals surface area (Å²) in [5, 5.41) is 9.81. The van der Waals surface area contributed by atoms with Crippen molar-refractivity contribution >= 4 is 49.9 Å². The van der Waals surface area contributed by atoms with Crippen LogP contribution in [-0.2, 0) is 4.74 Å². The molecule has 0 radical (unpaired) electrons. The highest BCUT2D eigenvalue weighted by Crippen LogP contribution is 2.31. The predicted octanol–water partition coefficient (Wildman–Crippen LogP) is 4.50. The predicted molar refractivity (Wildman–Crippen MR) is 127 cm³/mol. The van der Waals surface area contributed by atoms with Crippen LogP contribution in [0.3, 0.4) is 0 Å². The van der Waals surface area contributed by atoms with Gasteiger partial charge in [0, 0.05) is 27.9 Å². The van der Waals surface area contributed by atoms with E-state index in [1.54, 1.807) is 18.5 Å². The number of anilines is 1. The van der Waals surface area contributed by atoms with Crippen molar-refractivity contribution in [2.24, 2.45) is 0 Å². The van der Waals surface area contributed by atoms with Gasteiger partial charge in [-0.3, -0.25) is 9.59 Å². The van der Waals surface area contributed by atoms with Crippen LogP contribution in [0.5, 0.6) is 0 Å². The molecule has 0 atom stereocenters. The first-order valence-electron chi connectivity index (χ1n) is 10.3. The number of nitrogens with zero attached hydrogens (tertiary/aromatic N) is 2. The zero-order valence-corrected chi connectivity index (χ0v) is 18.6. The topological polar surface area (TPSA) is 106 Å². The number of thiophene rings is 1. The van der Waals surface area contributed by atoms with E-state index in [1.807, 2.05) is 24.3 Å². The molecule has 0 aliphatic carbocycles. The highest BCUT2D eigenvalue weighted by atomic mass is 32.1. The van der Waals surface area contributed by atoms with Crippen LogP contribution in [0.25, 0.3) is 27.4 Å². The summed E-state index contributed by atoms with van der Waals surface area (Å²) < 4.78 is 19.9. The number of H-pyrrole nitrogens is 1. The van der Waals surface area contributed by atoms with E-state index >= 15 is 0 Å². The summed E-state index contributed by atoms with van der Waals surface area (Å²) in [6.45, 7) is 1.76. The maximum atomic E-state index is 13.9. The maximum Gasteiger partial charge on any atom is 0.359 e. The molecular weight excluding hydrogens is 459 g/mol. The van der Waals surface area contributed by atoms with E-state index in [0.29, 0.717) is 5.56 Å². The van der Waals surface area contributed by atoms with Crippen LogP contribution in [-0.4, -0.2) is 33.2 Å². The molecule has 0 aliphatic heterocycles. The fraction of sp³-hybridized carbons (Fsp3) is 0.0833. The lowest BCUT2D eigenvalue weighted by Gasteiger charge is -2.10. The highest BCUT2D eigenvalue weighted by Gasteiger charge is 2.24. The molecular formula is C24H17FN4O4S. The first-order valence-corrected chi connectivity index (χ1v) is 11.2. The Kier molecular flexibility index (Phi) is 5.42. The molecule has 0 bridgehead atoms. The normalized spacial score (nSPS) is 11.1. The van der Waals surface area contributed by atoms with E-state index in [2.05, 4.69) is 15.4 Å². The summed E-state index contributed by atoms with van der Waals surface area (Å²) in [5.74, 6) is -1.72. The fourth-order valence-corrected chi connectivity index (χ4v) is 4.64. The molecule has 0 fully saturated rings. The number of aromatic nitrogens is 3. The molecule has 3 heterocycles. The molecule has 1 amide bonds. The number of carbonyl (C=O) groups excluding carboxylic acids is 2. The summed E-state index contributed by atoms with van der Waals surface area (Å²) in [6.07, 6.45) is 1.59. The minimum atomic E-state index is -0.732. The minimum absolute atomic E-state index is 0.0838. The lowest BCUT2D eigenvalue weighted by atomic mass is 10.1. The molecule has 8 nitrogen and oxygen atoms in total. The zero-order valence-electron chi connectivity index (χ0n) is 17.8. The van der Waals surface area contributed by atoms with Gasteiger partial charge in [0.15, 0.2) is 5.69 Å². The molecule has 2 N–H and O–H groups in total. The Bertz CT molecular complexity index is 1640. The number of para-hydroxylation sites is 1. The molecule has 0 unspecified atom stereocenters. The van der Waals surface area contributed by atoms with Gasteiger partial charge in [-0.1, -0.05) is 24.3 Å². The molecule has 34 heavy (non-hydrogen) atoms. The number of nitrogens with one attached hydrogen (secondary N) is 2. The number of halogens is 1. The second kappa shape index (κ2) is 8.56. The average molecular weight is 476 g/mol. The summed E-state index contributed by atoms with van der Waals surface area (Å²) in [6, 6.07) is 12.6. The summed E-state index contributed by atoms with van der Waals surface area (Å²) in [4.78, 5) is 42.1. The molecule has 10 heteroatoms. The van der Waals surface area contributed by atoms with E-state index in [1.165, 1.54) is 18.2 Å². The van der Waals surface area contributed by atoms with Gasteiger partial charge in [0.05, 0.1) is 23.2 Å². The molecule has 2 aromatic carbocycles. The van der Waals surface area contributed by atoms with Crippen molar-refractivity contribution in [3.05, 3.63) is 87.5 Å². The van der Waals surface area contributed by atoms with Crippen molar-refractivity contribution in [2.75, 3.05) is 11.9 Å². The Morgan fingerprint density at radius 2 is 2.00 bits per heavy atom. The van der Waals surface area contributed by atoms with Gasteiger partial charge < -0.3 is 15.0 Å². The van der Waals surface area contributed by atoms with E-state index < -0.39 is 23.3 Å². The number of aromatic amines is 1. The van der Waals surface area contributed by atoms with Gasteiger partial charge in [-0.15, -0.1) is 11.3 Å². The number of carbonyl (C=O) groups is 2. The largest absolute Gasteiger partial charge is 0.461 e. The van der Waals surface area contributed by atoms with Gasteiger partial charge in [-0.2, -0.15) is 9.78 Å². The Morgan fingerprint density at radius 1 is 1.18 bits per heavy atom. The van der Waals surface area contributed by atoms with Gasteiger partial charge in [0.1, 0.15) is 10.8 Å². The average Bonchev–Trinajstić information content (AvgIpc) is 3.44. The smallest absolute Gasteiger partial charge is 0.359 e. The van der Waals surface area contributed by atoms with Crippen LogP contribution >= 0.6 is 11.3 Å². The molecule has 5 rings (SSSR count). The third-order valence-electron chi connectivity index (χ3n) is 5.23. The number of esters is 1. The third-order valence-corrected chi connectivity index (χ3v) is 6.13. The number of hydrogen-bond acceptors (Lipinski definition) is 6. The molecule has 5 aromatic rings. The molecule has 0 saturated heterocycles. The lowest BCUT2D eigenvalue weighted by molar-refractivity contribution is 0.0520. The van der Waals surface area contributed by atoms with Crippen molar-refractivity contribution < 1.29 is 18.7 Å². The number of ether oxygens (including phenoxy) is 1. The Morgan fingerprint density at radius 3 is 2.79 bits per heavy atom.